The summed E-state index contributed by atoms with van der Waals surface area (Å²) in [6, 6.07) is 14.5. The number of carbonyl (C=O) groups excluding carboxylic acids is 1. The van der Waals surface area contributed by atoms with Gasteiger partial charge < -0.3 is 15.5 Å². The Bertz CT molecular complexity index is 999. The molecule has 0 aliphatic rings. The molecule has 0 atom stereocenters. The molecular formula is C21H22F3N5O. The maximum absolute atomic E-state index is 13.4. The average Bonchev–Trinajstić information content (AvgIpc) is 3.17. The van der Waals surface area contributed by atoms with E-state index in [0.717, 1.165) is 17.4 Å². The molecule has 1 heterocycles. The van der Waals surface area contributed by atoms with Crippen molar-refractivity contribution >= 4 is 17.4 Å². The molecule has 0 saturated carbocycles. The molecule has 9 heteroatoms. The van der Waals surface area contributed by atoms with Crippen LogP contribution in [0.4, 0.5) is 29.3 Å². The number of alkyl halides is 3. The number of aromatic nitrogens is 2. The molecule has 2 amide bonds. The molecule has 0 radical (unpaired) electrons. The van der Waals surface area contributed by atoms with Gasteiger partial charge in [0.1, 0.15) is 0 Å². The summed E-state index contributed by atoms with van der Waals surface area (Å²) < 4.78 is 41.8. The third-order valence-corrected chi connectivity index (χ3v) is 4.40. The number of amides is 2. The summed E-state index contributed by atoms with van der Waals surface area (Å²) in [5.41, 5.74) is 0.868. The largest absolute Gasteiger partial charge is 0.418 e. The number of halogens is 3. The van der Waals surface area contributed by atoms with Gasteiger partial charge in [-0.2, -0.15) is 18.3 Å². The molecule has 2 N–H and O–H groups in total. The van der Waals surface area contributed by atoms with Gasteiger partial charge in [0.05, 0.1) is 22.6 Å². The lowest BCUT2D eigenvalue weighted by molar-refractivity contribution is -0.136. The Labute approximate surface area is 172 Å². The Morgan fingerprint density at radius 2 is 1.83 bits per heavy atom. The molecule has 6 nitrogen and oxygen atoms in total. The summed E-state index contributed by atoms with van der Waals surface area (Å²) in [5, 5.41) is 9.28. The van der Waals surface area contributed by atoms with E-state index >= 15 is 0 Å². The lowest BCUT2D eigenvalue weighted by Crippen LogP contribution is -2.31. The van der Waals surface area contributed by atoms with Crippen molar-refractivity contribution in [2.24, 2.45) is 0 Å². The number of carbonyl (C=O) groups is 1. The monoisotopic (exact) mass is 417 g/mol. The quantitative estimate of drug-likeness (QED) is 0.628. The van der Waals surface area contributed by atoms with E-state index in [9.17, 15) is 18.0 Å². The normalized spacial score (nSPS) is 11.2. The standard InChI is InChI=1S/C21H22F3N5O/c1-28(2)17-8-9-19(18(14-17)21(22,23)24)26-20(30)25-12-10-15-11-13-29(27-15)16-6-4-3-5-7-16/h3-9,11,13-14H,10,12H2,1-2H3,(H2,25,26,30). The summed E-state index contributed by atoms with van der Waals surface area (Å²) in [5.74, 6) is 0. The predicted molar refractivity (Wildman–Crippen MR) is 110 cm³/mol. The van der Waals surface area contributed by atoms with Gasteiger partial charge in [-0.1, -0.05) is 18.2 Å². The van der Waals surface area contributed by atoms with Crippen LogP contribution in [0, 0.1) is 0 Å². The maximum Gasteiger partial charge on any atom is 0.418 e. The fraction of sp³-hybridized carbons (Fsp3) is 0.238. The highest BCUT2D eigenvalue weighted by atomic mass is 19.4. The zero-order chi connectivity index (χ0) is 21.7. The van der Waals surface area contributed by atoms with Crippen molar-refractivity contribution in [2.75, 3.05) is 30.9 Å². The van der Waals surface area contributed by atoms with Gasteiger partial charge in [-0.3, -0.25) is 0 Å². The van der Waals surface area contributed by atoms with Gasteiger partial charge >= 0.3 is 12.2 Å². The van der Waals surface area contributed by atoms with Crippen molar-refractivity contribution < 1.29 is 18.0 Å². The van der Waals surface area contributed by atoms with Crippen molar-refractivity contribution in [3.63, 3.8) is 0 Å². The third-order valence-electron chi connectivity index (χ3n) is 4.40. The van der Waals surface area contributed by atoms with E-state index in [0.29, 0.717) is 12.1 Å². The Kier molecular flexibility index (Phi) is 6.29. The van der Waals surface area contributed by atoms with E-state index < -0.39 is 17.8 Å². The van der Waals surface area contributed by atoms with Gasteiger partial charge in [0.2, 0.25) is 0 Å². The number of hydrogen-bond donors (Lipinski definition) is 2. The van der Waals surface area contributed by atoms with Crippen molar-refractivity contribution in [3.05, 3.63) is 72.1 Å². The minimum atomic E-state index is -4.58. The summed E-state index contributed by atoms with van der Waals surface area (Å²) in [4.78, 5) is 13.7. The second kappa shape index (κ2) is 8.89. The smallest absolute Gasteiger partial charge is 0.378 e. The molecule has 2 aromatic carbocycles. The molecule has 158 valence electrons. The lowest BCUT2D eigenvalue weighted by atomic mass is 10.1. The molecule has 3 rings (SSSR count). The molecule has 0 fully saturated rings. The first kappa shape index (κ1) is 21.2. The first-order chi connectivity index (χ1) is 14.2. The van der Waals surface area contributed by atoms with Gasteiger partial charge in [0, 0.05) is 38.9 Å². The SMILES string of the molecule is CN(C)c1ccc(NC(=O)NCCc2ccn(-c3ccccc3)n2)c(C(F)(F)F)c1. The number of anilines is 2. The number of nitrogens with one attached hydrogen (secondary N) is 2. The molecule has 1 aromatic heterocycles. The summed E-state index contributed by atoms with van der Waals surface area (Å²) in [6.45, 7) is 0.231. The van der Waals surface area contributed by atoms with Gasteiger partial charge in [0.25, 0.3) is 0 Å². The van der Waals surface area contributed by atoms with Crippen molar-refractivity contribution in [1.29, 1.82) is 0 Å². The van der Waals surface area contributed by atoms with E-state index in [1.54, 1.807) is 23.7 Å². The molecular weight excluding hydrogens is 395 g/mol. The van der Waals surface area contributed by atoms with Crippen LogP contribution in [-0.2, 0) is 12.6 Å². The Balaban J connectivity index is 1.58. The van der Waals surface area contributed by atoms with E-state index in [1.807, 2.05) is 42.6 Å². The van der Waals surface area contributed by atoms with Crippen LogP contribution in [0.1, 0.15) is 11.3 Å². The highest BCUT2D eigenvalue weighted by Gasteiger charge is 2.34. The number of benzene rings is 2. The minimum Gasteiger partial charge on any atom is -0.378 e. The summed E-state index contributed by atoms with van der Waals surface area (Å²) in [7, 11) is 3.29. The van der Waals surface area contributed by atoms with Gasteiger partial charge in [0.15, 0.2) is 0 Å². The fourth-order valence-electron chi connectivity index (χ4n) is 2.84. The van der Waals surface area contributed by atoms with E-state index in [4.69, 9.17) is 0 Å². The van der Waals surface area contributed by atoms with Crippen LogP contribution in [0.2, 0.25) is 0 Å². The van der Waals surface area contributed by atoms with Gasteiger partial charge in [-0.15, -0.1) is 0 Å². The second-order valence-electron chi connectivity index (χ2n) is 6.84. The highest BCUT2D eigenvalue weighted by Crippen LogP contribution is 2.37. The summed E-state index contributed by atoms with van der Waals surface area (Å²) in [6.07, 6.45) is -2.33. The number of para-hydroxylation sites is 1. The van der Waals surface area contributed by atoms with Crippen molar-refractivity contribution in [1.82, 2.24) is 15.1 Å². The molecule has 0 bridgehead atoms. The Hall–Kier alpha value is -3.49. The van der Waals surface area contributed by atoms with Crippen LogP contribution in [-0.4, -0.2) is 36.5 Å². The van der Waals surface area contributed by atoms with Crippen LogP contribution in [0.5, 0.6) is 0 Å². The number of nitrogens with zero attached hydrogens (tertiary/aromatic N) is 3. The zero-order valence-corrected chi connectivity index (χ0v) is 16.6. The maximum atomic E-state index is 13.4. The molecule has 0 saturated heterocycles. The van der Waals surface area contributed by atoms with E-state index in [-0.39, 0.29) is 12.2 Å². The zero-order valence-electron chi connectivity index (χ0n) is 16.6. The van der Waals surface area contributed by atoms with Crippen LogP contribution >= 0.6 is 0 Å². The lowest BCUT2D eigenvalue weighted by Gasteiger charge is -2.18. The molecule has 30 heavy (non-hydrogen) atoms. The Morgan fingerprint density at radius 1 is 1.10 bits per heavy atom. The Morgan fingerprint density at radius 3 is 2.50 bits per heavy atom. The van der Waals surface area contributed by atoms with Crippen molar-refractivity contribution in [2.45, 2.75) is 12.6 Å². The minimum absolute atomic E-state index is 0.231. The first-order valence-electron chi connectivity index (χ1n) is 9.27. The number of hydrogen-bond acceptors (Lipinski definition) is 3. The topological polar surface area (TPSA) is 62.2 Å². The van der Waals surface area contributed by atoms with Gasteiger partial charge in [-0.25, -0.2) is 9.48 Å². The molecule has 0 aliphatic carbocycles. The van der Waals surface area contributed by atoms with E-state index in [1.165, 1.54) is 12.1 Å². The second-order valence-corrected chi connectivity index (χ2v) is 6.84. The predicted octanol–water partition coefficient (Wildman–Crippen LogP) is 4.32. The van der Waals surface area contributed by atoms with E-state index in [2.05, 4.69) is 15.7 Å². The van der Waals surface area contributed by atoms with Crippen molar-refractivity contribution in [3.8, 4) is 5.69 Å². The number of urea groups is 1. The van der Waals surface area contributed by atoms with Crippen LogP contribution in [0.3, 0.4) is 0 Å². The number of rotatable bonds is 6. The molecule has 0 aliphatic heterocycles. The van der Waals surface area contributed by atoms with Gasteiger partial charge in [-0.05, 0) is 36.4 Å². The highest BCUT2D eigenvalue weighted by molar-refractivity contribution is 5.90. The van der Waals surface area contributed by atoms with Crippen LogP contribution in [0.15, 0.2) is 60.8 Å². The molecule has 0 unspecified atom stereocenters. The summed E-state index contributed by atoms with van der Waals surface area (Å²) >= 11 is 0. The average molecular weight is 417 g/mol. The van der Waals surface area contributed by atoms with Crippen LogP contribution in [0.25, 0.3) is 5.69 Å². The molecule has 3 aromatic rings. The third kappa shape index (κ3) is 5.31. The first-order valence-corrected chi connectivity index (χ1v) is 9.27. The fourth-order valence-corrected chi connectivity index (χ4v) is 2.84. The van der Waals surface area contributed by atoms with Crippen LogP contribution < -0.4 is 15.5 Å². The molecule has 0 spiro atoms.